The quantitative estimate of drug-likeness (QED) is 0.783. The van der Waals surface area contributed by atoms with Crippen molar-refractivity contribution in [3.63, 3.8) is 0 Å². The van der Waals surface area contributed by atoms with Crippen molar-refractivity contribution in [2.24, 2.45) is 0 Å². The summed E-state index contributed by atoms with van der Waals surface area (Å²) in [4.78, 5) is 18.2. The summed E-state index contributed by atoms with van der Waals surface area (Å²) in [6.45, 7) is 6.27. The second-order valence-electron chi connectivity index (χ2n) is 4.53. The number of ketones is 1. The number of rotatable bonds is 4. The lowest BCUT2D eigenvalue weighted by molar-refractivity contribution is 0.0983. The van der Waals surface area contributed by atoms with Gasteiger partial charge in [-0.15, -0.1) is 0 Å². The van der Waals surface area contributed by atoms with Crippen molar-refractivity contribution >= 4 is 23.2 Å². The van der Waals surface area contributed by atoms with E-state index < -0.39 is 0 Å². The molecule has 0 N–H and O–H groups in total. The van der Waals surface area contributed by atoms with E-state index >= 15 is 0 Å². The number of aromatic nitrogens is 1. The SMILES string of the molecule is CCC(=O)c1ccc(N2CCSC(CC)C2)cn1. The van der Waals surface area contributed by atoms with Gasteiger partial charge in [0, 0.05) is 30.5 Å². The van der Waals surface area contributed by atoms with E-state index in [-0.39, 0.29) is 5.78 Å². The fraction of sp³-hybridized carbons (Fsp3) is 0.571. The molecule has 1 fully saturated rings. The lowest BCUT2D eigenvalue weighted by Gasteiger charge is -2.33. The summed E-state index contributed by atoms with van der Waals surface area (Å²) in [7, 11) is 0. The topological polar surface area (TPSA) is 33.2 Å². The molecule has 2 rings (SSSR count). The van der Waals surface area contributed by atoms with Crippen LogP contribution in [0.3, 0.4) is 0 Å². The zero-order valence-electron chi connectivity index (χ0n) is 11.1. The molecule has 0 aromatic carbocycles. The number of pyridine rings is 1. The van der Waals surface area contributed by atoms with E-state index in [9.17, 15) is 4.79 Å². The highest BCUT2D eigenvalue weighted by Crippen LogP contribution is 2.25. The number of Topliss-reactive ketones (excluding diaryl/α,β-unsaturated/α-hetero) is 1. The molecule has 1 aromatic rings. The Labute approximate surface area is 113 Å². The minimum Gasteiger partial charge on any atom is -0.368 e. The van der Waals surface area contributed by atoms with Gasteiger partial charge in [0.25, 0.3) is 0 Å². The van der Waals surface area contributed by atoms with E-state index in [4.69, 9.17) is 0 Å². The normalized spacial score (nSPS) is 19.9. The van der Waals surface area contributed by atoms with Crippen molar-refractivity contribution in [2.45, 2.75) is 31.9 Å². The summed E-state index contributed by atoms with van der Waals surface area (Å²) in [5.74, 6) is 1.29. The van der Waals surface area contributed by atoms with E-state index in [1.54, 1.807) is 0 Å². The van der Waals surface area contributed by atoms with Crippen molar-refractivity contribution in [2.75, 3.05) is 23.7 Å². The van der Waals surface area contributed by atoms with Gasteiger partial charge in [-0.1, -0.05) is 13.8 Å². The van der Waals surface area contributed by atoms with Crippen LogP contribution in [-0.4, -0.2) is 34.9 Å². The van der Waals surface area contributed by atoms with E-state index in [0.29, 0.717) is 12.1 Å². The number of anilines is 1. The van der Waals surface area contributed by atoms with Crippen LogP contribution in [0, 0.1) is 0 Å². The van der Waals surface area contributed by atoms with Crippen LogP contribution in [0.5, 0.6) is 0 Å². The number of nitrogens with zero attached hydrogens (tertiary/aromatic N) is 2. The predicted molar refractivity (Wildman–Crippen MR) is 77.6 cm³/mol. The zero-order valence-corrected chi connectivity index (χ0v) is 11.9. The smallest absolute Gasteiger partial charge is 0.180 e. The van der Waals surface area contributed by atoms with Crippen LogP contribution in [0.15, 0.2) is 18.3 Å². The van der Waals surface area contributed by atoms with Crippen molar-refractivity contribution in [3.05, 3.63) is 24.0 Å². The molecule has 1 saturated heterocycles. The van der Waals surface area contributed by atoms with E-state index in [1.165, 1.54) is 12.2 Å². The molecular weight excluding hydrogens is 244 g/mol. The molecule has 18 heavy (non-hydrogen) atoms. The van der Waals surface area contributed by atoms with Gasteiger partial charge in [-0.05, 0) is 18.6 Å². The minimum absolute atomic E-state index is 0.113. The third kappa shape index (κ3) is 3.05. The van der Waals surface area contributed by atoms with Gasteiger partial charge in [-0.25, -0.2) is 0 Å². The van der Waals surface area contributed by atoms with Gasteiger partial charge in [-0.2, -0.15) is 11.8 Å². The van der Waals surface area contributed by atoms with Gasteiger partial charge in [0.05, 0.1) is 11.9 Å². The van der Waals surface area contributed by atoms with Crippen molar-refractivity contribution < 1.29 is 4.79 Å². The molecule has 0 bridgehead atoms. The summed E-state index contributed by atoms with van der Waals surface area (Å²) in [6, 6.07) is 3.88. The summed E-state index contributed by atoms with van der Waals surface area (Å²) in [5.41, 5.74) is 1.72. The average Bonchev–Trinajstić information content (AvgIpc) is 2.46. The van der Waals surface area contributed by atoms with E-state index in [2.05, 4.69) is 28.6 Å². The molecule has 0 saturated carbocycles. The second-order valence-corrected chi connectivity index (χ2v) is 5.93. The summed E-state index contributed by atoms with van der Waals surface area (Å²) >= 11 is 2.06. The summed E-state index contributed by atoms with van der Waals surface area (Å²) in [5, 5.41) is 0.718. The van der Waals surface area contributed by atoms with Crippen LogP contribution in [0.25, 0.3) is 0 Å². The molecule has 0 spiro atoms. The Balaban J connectivity index is 2.07. The van der Waals surface area contributed by atoms with Crippen LogP contribution in [0.4, 0.5) is 5.69 Å². The van der Waals surface area contributed by atoms with Gasteiger partial charge in [-0.3, -0.25) is 9.78 Å². The third-order valence-corrected chi connectivity index (χ3v) is 4.69. The Morgan fingerprint density at radius 3 is 2.94 bits per heavy atom. The lowest BCUT2D eigenvalue weighted by Crippen LogP contribution is -2.37. The highest BCUT2D eigenvalue weighted by molar-refractivity contribution is 8.00. The number of carbonyl (C=O) groups excluding carboxylic acids is 1. The van der Waals surface area contributed by atoms with E-state index in [0.717, 1.165) is 24.0 Å². The molecule has 0 amide bonds. The molecule has 1 atom stereocenters. The van der Waals surface area contributed by atoms with Gasteiger partial charge in [0.15, 0.2) is 5.78 Å². The number of thioether (sulfide) groups is 1. The molecule has 1 aromatic heterocycles. The third-order valence-electron chi connectivity index (χ3n) is 3.31. The number of hydrogen-bond donors (Lipinski definition) is 0. The molecule has 0 radical (unpaired) electrons. The van der Waals surface area contributed by atoms with Crippen LogP contribution in [-0.2, 0) is 0 Å². The minimum atomic E-state index is 0.113. The first-order valence-electron chi connectivity index (χ1n) is 6.60. The number of carbonyl (C=O) groups is 1. The molecule has 1 aliphatic heterocycles. The standard InChI is InChI=1S/C14H20N2OS/c1-3-12-10-16(7-8-18-12)11-5-6-13(15-9-11)14(17)4-2/h5-6,9,12H,3-4,7-8,10H2,1-2H3. The lowest BCUT2D eigenvalue weighted by atomic mass is 10.2. The fourth-order valence-corrected chi connectivity index (χ4v) is 3.30. The Kier molecular flexibility index (Phi) is 4.64. The van der Waals surface area contributed by atoms with Crippen LogP contribution in [0.1, 0.15) is 37.2 Å². The molecule has 3 nitrogen and oxygen atoms in total. The first-order chi connectivity index (χ1) is 8.74. The Hall–Kier alpha value is -1.03. The first-order valence-corrected chi connectivity index (χ1v) is 7.65. The Bertz CT molecular complexity index is 405. The Morgan fingerprint density at radius 1 is 1.50 bits per heavy atom. The van der Waals surface area contributed by atoms with Crippen LogP contribution >= 0.6 is 11.8 Å². The van der Waals surface area contributed by atoms with Gasteiger partial charge in [0.2, 0.25) is 0 Å². The Morgan fingerprint density at radius 2 is 2.33 bits per heavy atom. The molecule has 4 heteroatoms. The molecule has 1 unspecified atom stereocenters. The maximum atomic E-state index is 11.5. The molecule has 1 aliphatic rings. The first kappa shape index (κ1) is 13.4. The van der Waals surface area contributed by atoms with Gasteiger partial charge in [0.1, 0.15) is 5.69 Å². The highest BCUT2D eigenvalue weighted by atomic mass is 32.2. The predicted octanol–water partition coefficient (Wildman–Crippen LogP) is 3.01. The monoisotopic (exact) mass is 264 g/mol. The average molecular weight is 264 g/mol. The number of hydrogen-bond acceptors (Lipinski definition) is 4. The van der Waals surface area contributed by atoms with Crippen molar-refractivity contribution in [3.8, 4) is 0 Å². The molecule has 98 valence electrons. The highest BCUT2D eigenvalue weighted by Gasteiger charge is 2.19. The maximum Gasteiger partial charge on any atom is 0.180 e. The zero-order chi connectivity index (χ0) is 13.0. The fourth-order valence-electron chi connectivity index (χ4n) is 2.12. The van der Waals surface area contributed by atoms with E-state index in [1.807, 2.05) is 25.3 Å². The molecule has 2 heterocycles. The maximum absolute atomic E-state index is 11.5. The summed E-state index contributed by atoms with van der Waals surface area (Å²) in [6.07, 6.45) is 3.57. The van der Waals surface area contributed by atoms with Crippen LogP contribution < -0.4 is 4.90 Å². The van der Waals surface area contributed by atoms with Crippen molar-refractivity contribution in [1.82, 2.24) is 4.98 Å². The van der Waals surface area contributed by atoms with Crippen LogP contribution in [0.2, 0.25) is 0 Å². The molecule has 0 aliphatic carbocycles. The van der Waals surface area contributed by atoms with Gasteiger partial charge < -0.3 is 4.90 Å². The van der Waals surface area contributed by atoms with Crippen molar-refractivity contribution in [1.29, 1.82) is 0 Å². The largest absolute Gasteiger partial charge is 0.368 e. The second kappa shape index (κ2) is 6.23. The van der Waals surface area contributed by atoms with Gasteiger partial charge >= 0.3 is 0 Å². The summed E-state index contributed by atoms with van der Waals surface area (Å²) < 4.78 is 0. The molecular formula is C14H20N2OS.